The van der Waals surface area contributed by atoms with Crippen molar-refractivity contribution in [3.05, 3.63) is 50.7 Å². The summed E-state index contributed by atoms with van der Waals surface area (Å²) in [5.41, 5.74) is 2.44. The van der Waals surface area contributed by atoms with Crippen molar-refractivity contribution in [2.75, 3.05) is 7.11 Å². The number of nitrogens with zero attached hydrogens (tertiary/aromatic N) is 3. The second-order valence-electron chi connectivity index (χ2n) is 6.31. The fraction of sp³-hybridized carbons (Fsp3) is 0.333. The SMILES string of the molecule is COc1cc(Cl)c(-c2nn3c(C)cc(C(C)C)c3c(=O)n2C)cc1F. The van der Waals surface area contributed by atoms with Gasteiger partial charge in [0.05, 0.1) is 12.1 Å². The predicted molar refractivity (Wildman–Crippen MR) is 96.2 cm³/mol. The van der Waals surface area contributed by atoms with E-state index in [1.54, 1.807) is 11.6 Å². The predicted octanol–water partition coefficient (Wildman–Crippen LogP) is 3.93. The fourth-order valence-corrected chi connectivity index (χ4v) is 3.18. The van der Waals surface area contributed by atoms with Crippen LogP contribution in [0.3, 0.4) is 0 Å². The van der Waals surface area contributed by atoms with Crippen LogP contribution in [-0.4, -0.2) is 21.3 Å². The number of aryl methyl sites for hydroxylation is 1. The molecule has 5 nitrogen and oxygen atoms in total. The van der Waals surface area contributed by atoms with Crippen molar-refractivity contribution >= 4 is 17.1 Å². The summed E-state index contributed by atoms with van der Waals surface area (Å²) in [6.45, 7) is 5.93. The standard InChI is InChI=1S/C18H19ClFN3O2/c1-9(2)11-6-10(3)23-16(11)18(24)22(4)17(21-23)12-7-14(20)15(25-5)8-13(12)19/h6-9H,1-5H3. The maximum absolute atomic E-state index is 14.1. The molecule has 0 radical (unpaired) electrons. The number of ether oxygens (including phenoxy) is 1. The zero-order chi connectivity index (χ0) is 18.5. The first-order valence-electron chi connectivity index (χ1n) is 7.89. The molecule has 2 heterocycles. The molecule has 25 heavy (non-hydrogen) atoms. The molecule has 0 unspecified atom stereocenters. The van der Waals surface area contributed by atoms with Crippen LogP contribution in [0.5, 0.6) is 5.75 Å². The quantitative estimate of drug-likeness (QED) is 0.708. The van der Waals surface area contributed by atoms with Gasteiger partial charge in [-0.05, 0) is 30.5 Å². The average Bonchev–Trinajstić information content (AvgIpc) is 2.90. The first-order valence-corrected chi connectivity index (χ1v) is 8.26. The second kappa shape index (κ2) is 6.19. The van der Waals surface area contributed by atoms with E-state index in [0.29, 0.717) is 11.1 Å². The lowest BCUT2D eigenvalue weighted by atomic mass is 10.1. The summed E-state index contributed by atoms with van der Waals surface area (Å²) in [5.74, 6) is -0.0495. The first kappa shape index (κ1) is 17.5. The molecule has 0 amide bonds. The summed E-state index contributed by atoms with van der Waals surface area (Å²) < 4.78 is 22.1. The molecule has 132 valence electrons. The Balaban J connectivity index is 2.36. The molecule has 0 fully saturated rings. The number of hydrogen-bond donors (Lipinski definition) is 0. The van der Waals surface area contributed by atoms with Gasteiger partial charge in [-0.3, -0.25) is 9.36 Å². The lowest BCUT2D eigenvalue weighted by Crippen LogP contribution is -2.24. The molecule has 2 aromatic heterocycles. The third-order valence-electron chi connectivity index (χ3n) is 4.31. The summed E-state index contributed by atoms with van der Waals surface area (Å²) in [6.07, 6.45) is 0. The van der Waals surface area contributed by atoms with Crippen LogP contribution in [0.4, 0.5) is 4.39 Å². The van der Waals surface area contributed by atoms with E-state index in [2.05, 4.69) is 5.10 Å². The van der Waals surface area contributed by atoms with Gasteiger partial charge in [0, 0.05) is 24.4 Å². The van der Waals surface area contributed by atoms with Gasteiger partial charge in [-0.15, -0.1) is 5.10 Å². The number of methoxy groups -OCH3 is 1. The molecule has 0 saturated carbocycles. The Kier molecular flexibility index (Phi) is 4.33. The number of halogens is 2. The monoisotopic (exact) mass is 363 g/mol. The van der Waals surface area contributed by atoms with E-state index < -0.39 is 5.82 Å². The summed E-state index contributed by atoms with van der Waals surface area (Å²) >= 11 is 6.27. The highest BCUT2D eigenvalue weighted by Crippen LogP contribution is 2.32. The number of hydrogen-bond acceptors (Lipinski definition) is 3. The molecule has 0 bridgehead atoms. The molecule has 3 aromatic rings. The molecule has 0 aliphatic carbocycles. The van der Waals surface area contributed by atoms with Crippen LogP contribution in [0.1, 0.15) is 31.0 Å². The molecule has 0 spiro atoms. The Morgan fingerprint density at radius 1 is 1.28 bits per heavy atom. The molecule has 0 saturated heterocycles. The van der Waals surface area contributed by atoms with E-state index in [4.69, 9.17) is 16.3 Å². The van der Waals surface area contributed by atoms with Gasteiger partial charge >= 0.3 is 0 Å². The summed E-state index contributed by atoms with van der Waals surface area (Å²) in [6, 6.07) is 4.57. The van der Waals surface area contributed by atoms with Crippen LogP contribution in [-0.2, 0) is 7.05 Å². The molecule has 0 atom stereocenters. The van der Waals surface area contributed by atoms with E-state index in [9.17, 15) is 9.18 Å². The second-order valence-corrected chi connectivity index (χ2v) is 6.72. The van der Waals surface area contributed by atoms with E-state index >= 15 is 0 Å². The van der Waals surface area contributed by atoms with Crippen molar-refractivity contribution in [1.29, 1.82) is 0 Å². The van der Waals surface area contributed by atoms with Gasteiger partial charge in [-0.25, -0.2) is 8.91 Å². The minimum atomic E-state index is -0.566. The molecule has 0 N–H and O–H groups in total. The molecule has 3 rings (SSSR count). The van der Waals surface area contributed by atoms with Gasteiger partial charge in [0.25, 0.3) is 5.56 Å². The number of aromatic nitrogens is 3. The molecule has 1 aromatic carbocycles. The molecular formula is C18H19ClFN3O2. The zero-order valence-corrected chi connectivity index (χ0v) is 15.5. The smallest absolute Gasteiger partial charge is 0.278 e. The largest absolute Gasteiger partial charge is 0.494 e. The van der Waals surface area contributed by atoms with Crippen LogP contribution in [0.2, 0.25) is 5.02 Å². The van der Waals surface area contributed by atoms with E-state index in [1.807, 2.05) is 26.8 Å². The zero-order valence-electron chi connectivity index (χ0n) is 14.7. The maximum atomic E-state index is 14.1. The molecule has 7 heteroatoms. The van der Waals surface area contributed by atoms with Crippen LogP contribution in [0, 0.1) is 12.7 Å². The van der Waals surface area contributed by atoms with Crippen molar-refractivity contribution in [3.63, 3.8) is 0 Å². The summed E-state index contributed by atoms with van der Waals surface area (Å²) in [5, 5.41) is 4.81. The number of fused-ring (bicyclic) bond motifs is 1. The average molecular weight is 364 g/mol. The van der Waals surface area contributed by atoms with Crippen molar-refractivity contribution in [2.24, 2.45) is 7.05 Å². The van der Waals surface area contributed by atoms with Gasteiger partial charge in [0.2, 0.25) is 0 Å². The van der Waals surface area contributed by atoms with Crippen molar-refractivity contribution in [2.45, 2.75) is 26.7 Å². The lowest BCUT2D eigenvalue weighted by Gasteiger charge is -2.13. The minimum absolute atomic E-state index is 0.0408. The van der Waals surface area contributed by atoms with E-state index in [0.717, 1.165) is 11.3 Å². The highest BCUT2D eigenvalue weighted by atomic mass is 35.5. The van der Waals surface area contributed by atoms with Crippen molar-refractivity contribution < 1.29 is 9.13 Å². The third kappa shape index (κ3) is 2.70. The highest BCUT2D eigenvalue weighted by molar-refractivity contribution is 6.33. The van der Waals surface area contributed by atoms with E-state index in [-0.39, 0.29) is 28.1 Å². The van der Waals surface area contributed by atoms with Gasteiger partial charge in [-0.2, -0.15) is 0 Å². The Bertz CT molecular complexity index is 1040. The van der Waals surface area contributed by atoms with Crippen molar-refractivity contribution in [3.8, 4) is 17.1 Å². The van der Waals surface area contributed by atoms with Crippen LogP contribution in [0.15, 0.2) is 23.0 Å². The number of benzene rings is 1. The highest BCUT2D eigenvalue weighted by Gasteiger charge is 2.20. The Hall–Kier alpha value is -2.34. The molecule has 0 aliphatic rings. The molecular weight excluding hydrogens is 345 g/mol. The van der Waals surface area contributed by atoms with Gasteiger partial charge in [-0.1, -0.05) is 25.4 Å². The van der Waals surface area contributed by atoms with Gasteiger partial charge < -0.3 is 4.74 Å². The first-order chi connectivity index (χ1) is 11.8. The Morgan fingerprint density at radius 3 is 2.56 bits per heavy atom. The van der Waals surface area contributed by atoms with Gasteiger partial charge in [0.15, 0.2) is 17.4 Å². The number of rotatable bonds is 3. The van der Waals surface area contributed by atoms with Crippen molar-refractivity contribution in [1.82, 2.24) is 14.2 Å². The summed E-state index contributed by atoms with van der Waals surface area (Å²) in [4.78, 5) is 12.9. The van der Waals surface area contributed by atoms with Crippen LogP contribution >= 0.6 is 11.6 Å². The van der Waals surface area contributed by atoms with E-state index in [1.165, 1.54) is 23.8 Å². The summed E-state index contributed by atoms with van der Waals surface area (Å²) in [7, 11) is 2.97. The lowest BCUT2D eigenvalue weighted by molar-refractivity contribution is 0.386. The Labute approximate surface area is 149 Å². The third-order valence-corrected chi connectivity index (χ3v) is 4.62. The maximum Gasteiger partial charge on any atom is 0.278 e. The normalized spacial score (nSPS) is 11.5. The fourth-order valence-electron chi connectivity index (χ4n) is 2.94. The molecule has 0 aliphatic heterocycles. The van der Waals surface area contributed by atoms with Crippen LogP contribution in [0.25, 0.3) is 16.9 Å². The topological polar surface area (TPSA) is 48.5 Å². The minimum Gasteiger partial charge on any atom is -0.494 e. The Morgan fingerprint density at radius 2 is 1.96 bits per heavy atom. The van der Waals surface area contributed by atoms with Crippen LogP contribution < -0.4 is 10.3 Å². The van der Waals surface area contributed by atoms with Gasteiger partial charge in [0.1, 0.15) is 5.52 Å².